The number of nitrogens with one attached hydrogen (secondary N) is 1. The van der Waals surface area contributed by atoms with Crippen LogP contribution in [0.15, 0.2) is 24.3 Å². The van der Waals surface area contributed by atoms with Crippen LogP contribution in [0.2, 0.25) is 0 Å². The van der Waals surface area contributed by atoms with E-state index in [1.165, 1.54) is 0 Å². The first-order valence-corrected chi connectivity index (χ1v) is 6.98. The second-order valence-corrected chi connectivity index (χ2v) is 5.25. The van der Waals surface area contributed by atoms with E-state index in [0.717, 1.165) is 30.0 Å². The van der Waals surface area contributed by atoms with E-state index < -0.39 is 0 Å². The molecule has 0 unspecified atom stereocenters. The van der Waals surface area contributed by atoms with Gasteiger partial charge >= 0.3 is 0 Å². The minimum atomic E-state index is 0.106. The second-order valence-electron chi connectivity index (χ2n) is 5.25. The van der Waals surface area contributed by atoms with E-state index in [1.807, 2.05) is 30.4 Å². The van der Waals surface area contributed by atoms with Crippen molar-refractivity contribution in [1.82, 2.24) is 5.32 Å². The summed E-state index contributed by atoms with van der Waals surface area (Å²) in [5.74, 6) is 2.16. The lowest BCUT2D eigenvalue weighted by Crippen LogP contribution is -2.26. The summed E-state index contributed by atoms with van der Waals surface area (Å²) in [5.41, 5.74) is 1.05. The zero-order valence-corrected chi connectivity index (χ0v) is 12.0. The monoisotopic (exact) mass is 275 g/mol. The van der Waals surface area contributed by atoms with Crippen molar-refractivity contribution in [3.8, 4) is 11.5 Å². The number of fused-ring (bicyclic) bond motifs is 1. The van der Waals surface area contributed by atoms with E-state index >= 15 is 0 Å². The van der Waals surface area contributed by atoms with Gasteiger partial charge in [0.2, 0.25) is 12.7 Å². The smallest absolute Gasteiger partial charge is 0.231 e. The summed E-state index contributed by atoms with van der Waals surface area (Å²) < 4.78 is 10.6. The fraction of sp³-hybridized carbons (Fsp3) is 0.438. The molecule has 1 aromatic rings. The Hall–Kier alpha value is -1.97. The molecule has 1 heterocycles. The number of rotatable bonds is 6. The lowest BCUT2D eigenvalue weighted by atomic mass is 10.1. The van der Waals surface area contributed by atoms with Crippen LogP contribution in [0.5, 0.6) is 11.5 Å². The third-order valence-electron chi connectivity index (χ3n) is 2.95. The molecule has 1 aliphatic heterocycles. The fourth-order valence-corrected chi connectivity index (χ4v) is 1.86. The highest BCUT2D eigenvalue weighted by Crippen LogP contribution is 2.32. The predicted octanol–water partition coefficient (Wildman–Crippen LogP) is 2.98. The highest BCUT2D eigenvalue weighted by atomic mass is 16.7. The molecule has 0 aromatic heterocycles. The van der Waals surface area contributed by atoms with E-state index in [1.54, 1.807) is 0 Å². The maximum absolute atomic E-state index is 11.5. The van der Waals surface area contributed by atoms with Crippen LogP contribution in [0.1, 0.15) is 32.3 Å². The predicted molar refractivity (Wildman–Crippen MR) is 78.7 cm³/mol. The molecule has 0 saturated heterocycles. The van der Waals surface area contributed by atoms with Crippen molar-refractivity contribution >= 4 is 12.0 Å². The third-order valence-corrected chi connectivity index (χ3v) is 2.95. The number of carbonyl (C=O) groups excluding carboxylic acids is 1. The summed E-state index contributed by atoms with van der Waals surface area (Å²) in [7, 11) is 0. The summed E-state index contributed by atoms with van der Waals surface area (Å²) in [5, 5.41) is 2.91. The fourth-order valence-electron chi connectivity index (χ4n) is 1.86. The van der Waals surface area contributed by atoms with Crippen molar-refractivity contribution in [2.24, 2.45) is 5.92 Å². The van der Waals surface area contributed by atoms with E-state index in [2.05, 4.69) is 19.2 Å². The molecule has 0 fully saturated rings. The van der Waals surface area contributed by atoms with Crippen LogP contribution in [0, 0.1) is 5.92 Å². The Labute approximate surface area is 119 Å². The molecule has 108 valence electrons. The van der Waals surface area contributed by atoms with E-state index in [-0.39, 0.29) is 5.91 Å². The van der Waals surface area contributed by atoms with Crippen LogP contribution in [0.25, 0.3) is 6.08 Å². The summed E-state index contributed by atoms with van der Waals surface area (Å²) in [6.07, 6.45) is 5.26. The lowest BCUT2D eigenvalue weighted by molar-refractivity contribution is -0.121. The first-order chi connectivity index (χ1) is 9.65. The van der Waals surface area contributed by atoms with Crippen molar-refractivity contribution in [2.75, 3.05) is 13.3 Å². The van der Waals surface area contributed by atoms with Gasteiger partial charge in [-0.25, -0.2) is 0 Å². The van der Waals surface area contributed by atoms with Crippen LogP contribution in [0.4, 0.5) is 0 Å². The van der Waals surface area contributed by atoms with Crippen LogP contribution in [-0.4, -0.2) is 19.2 Å². The highest BCUT2D eigenvalue weighted by molar-refractivity contribution is 5.76. The number of hydrogen-bond donors (Lipinski definition) is 1. The molecule has 0 radical (unpaired) electrons. The normalized spacial score (nSPS) is 13.2. The van der Waals surface area contributed by atoms with Gasteiger partial charge < -0.3 is 14.8 Å². The quantitative estimate of drug-likeness (QED) is 0.868. The number of hydrogen-bond acceptors (Lipinski definition) is 3. The number of allylic oxidation sites excluding steroid dienone is 1. The molecule has 0 atom stereocenters. The molecule has 4 heteroatoms. The van der Waals surface area contributed by atoms with E-state index in [0.29, 0.717) is 19.1 Å². The summed E-state index contributed by atoms with van der Waals surface area (Å²) in [6, 6.07) is 5.82. The number of benzene rings is 1. The molecule has 1 N–H and O–H groups in total. The Bertz CT molecular complexity index is 494. The molecule has 0 aliphatic carbocycles. The minimum absolute atomic E-state index is 0.106. The summed E-state index contributed by atoms with van der Waals surface area (Å²) in [4.78, 5) is 11.5. The zero-order valence-electron chi connectivity index (χ0n) is 12.0. The maximum atomic E-state index is 11.5. The van der Waals surface area contributed by atoms with Crippen molar-refractivity contribution in [2.45, 2.75) is 26.7 Å². The lowest BCUT2D eigenvalue weighted by Gasteiger charge is -2.06. The Balaban J connectivity index is 1.75. The number of amides is 1. The van der Waals surface area contributed by atoms with Gasteiger partial charge in [0, 0.05) is 13.0 Å². The van der Waals surface area contributed by atoms with Gasteiger partial charge in [0.1, 0.15) is 0 Å². The molecule has 0 bridgehead atoms. The van der Waals surface area contributed by atoms with Crippen molar-refractivity contribution < 1.29 is 14.3 Å². The zero-order chi connectivity index (χ0) is 14.4. The Morgan fingerprint density at radius 2 is 2.15 bits per heavy atom. The van der Waals surface area contributed by atoms with Gasteiger partial charge in [-0.1, -0.05) is 32.1 Å². The average Bonchev–Trinajstić information content (AvgIpc) is 2.88. The van der Waals surface area contributed by atoms with Gasteiger partial charge in [-0.05, 0) is 30.0 Å². The van der Waals surface area contributed by atoms with Crippen molar-refractivity contribution in [3.63, 3.8) is 0 Å². The average molecular weight is 275 g/mol. The van der Waals surface area contributed by atoms with Crippen LogP contribution in [-0.2, 0) is 4.79 Å². The molecule has 1 aliphatic rings. The van der Waals surface area contributed by atoms with Gasteiger partial charge in [-0.3, -0.25) is 4.79 Å². The molecular formula is C16H21NO3. The van der Waals surface area contributed by atoms with E-state index in [9.17, 15) is 4.79 Å². The SMILES string of the molecule is CC(C)CNC(=O)CCC=Cc1ccc2c(c1)OCO2. The van der Waals surface area contributed by atoms with Gasteiger partial charge in [0.25, 0.3) is 0 Å². The first-order valence-electron chi connectivity index (χ1n) is 6.98. The largest absolute Gasteiger partial charge is 0.454 e. The first kappa shape index (κ1) is 14.4. The summed E-state index contributed by atoms with van der Waals surface area (Å²) >= 11 is 0. The van der Waals surface area contributed by atoms with Crippen molar-refractivity contribution in [1.29, 1.82) is 0 Å². The second kappa shape index (κ2) is 6.98. The van der Waals surface area contributed by atoms with Crippen LogP contribution >= 0.6 is 0 Å². The number of ether oxygens (including phenoxy) is 2. The molecule has 1 amide bonds. The molecule has 20 heavy (non-hydrogen) atoms. The topological polar surface area (TPSA) is 47.6 Å². The Kier molecular flexibility index (Phi) is 5.04. The van der Waals surface area contributed by atoms with Gasteiger partial charge in [-0.15, -0.1) is 0 Å². The van der Waals surface area contributed by atoms with Crippen LogP contribution < -0.4 is 14.8 Å². The van der Waals surface area contributed by atoms with Crippen molar-refractivity contribution in [3.05, 3.63) is 29.8 Å². The Morgan fingerprint density at radius 1 is 1.35 bits per heavy atom. The molecule has 0 spiro atoms. The Morgan fingerprint density at radius 3 is 2.95 bits per heavy atom. The molecule has 4 nitrogen and oxygen atoms in total. The van der Waals surface area contributed by atoms with Gasteiger partial charge in [-0.2, -0.15) is 0 Å². The van der Waals surface area contributed by atoms with Gasteiger partial charge in [0.15, 0.2) is 11.5 Å². The van der Waals surface area contributed by atoms with Crippen LogP contribution in [0.3, 0.4) is 0 Å². The highest BCUT2D eigenvalue weighted by Gasteiger charge is 2.12. The maximum Gasteiger partial charge on any atom is 0.231 e. The van der Waals surface area contributed by atoms with E-state index in [4.69, 9.17) is 9.47 Å². The molecular weight excluding hydrogens is 254 g/mol. The number of carbonyl (C=O) groups is 1. The molecule has 1 aromatic carbocycles. The molecule has 2 rings (SSSR count). The standard InChI is InChI=1S/C16H21NO3/c1-12(2)10-17-16(18)6-4-3-5-13-7-8-14-15(9-13)20-11-19-14/h3,5,7-9,12H,4,6,10-11H2,1-2H3,(H,17,18). The summed E-state index contributed by atoms with van der Waals surface area (Å²) in [6.45, 7) is 5.20. The third kappa shape index (κ3) is 4.30. The van der Waals surface area contributed by atoms with Gasteiger partial charge in [0.05, 0.1) is 0 Å². The molecule has 0 saturated carbocycles. The minimum Gasteiger partial charge on any atom is -0.454 e.